The standard InChI is InChI=1S/C16H19N3O2/c1-18-9-13(7-17-18)14-10-19(11-15(14)16(20)21)8-12-5-3-2-4-6-12/h2-7,9,14-15H,8,10-11H2,1H3,(H,20,21)/t14-,15+/m1/s1. The number of hydrogen-bond donors (Lipinski definition) is 1. The highest BCUT2D eigenvalue weighted by Crippen LogP contribution is 2.33. The monoisotopic (exact) mass is 285 g/mol. The third kappa shape index (κ3) is 2.97. The normalized spacial score (nSPS) is 22.5. The number of aromatic nitrogens is 2. The first-order valence-electron chi connectivity index (χ1n) is 7.11. The molecule has 1 aromatic heterocycles. The van der Waals surface area contributed by atoms with E-state index in [2.05, 4.69) is 22.1 Å². The Balaban J connectivity index is 1.76. The highest BCUT2D eigenvalue weighted by Gasteiger charge is 2.38. The Morgan fingerprint density at radius 1 is 1.33 bits per heavy atom. The molecule has 0 amide bonds. The Hall–Kier alpha value is -2.14. The predicted octanol–water partition coefficient (Wildman–Crippen LogP) is 1.72. The van der Waals surface area contributed by atoms with E-state index < -0.39 is 5.97 Å². The van der Waals surface area contributed by atoms with Crippen LogP contribution in [0.1, 0.15) is 17.0 Å². The molecule has 3 rings (SSSR count). The van der Waals surface area contributed by atoms with Gasteiger partial charge >= 0.3 is 5.97 Å². The number of likely N-dealkylation sites (tertiary alicyclic amines) is 1. The van der Waals surface area contributed by atoms with Crippen molar-refractivity contribution in [2.75, 3.05) is 13.1 Å². The molecule has 1 saturated heterocycles. The molecule has 2 aromatic rings. The van der Waals surface area contributed by atoms with Gasteiger partial charge in [-0.15, -0.1) is 0 Å². The summed E-state index contributed by atoms with van der Waals surface area (Å²) in [6.45, 7) is 2.14. The van der Waals surface area contributed by atoms with Crippen LogP contribution in [-0.2, 0) is 18.4 Å². The average molecular weight is 285 g/mol. The van der Waals surface area contributed by atoms with Gasteiger partial charge in [-0.1, -0.05) is 30.3 Å². The van der Waals surface area contributed by atoms with E-state index in [1.165, 1.54) is 5.56 Å². The van der Waals surface area contributed by atoms with Crippen molar-refractivity contribution in [3.63, 3.8) is 0 Å². The molecule has 5 nitrogen and oxygen atoms in total. The first-order chi connectivity index (χ1) is 10.1. The summed E-state index contributed by atoms with van der Waals surface area (Å²) in [7, 11) is 1.86. The fourth-order valence-corrected chi connectivity index (χ4v) is 3.08. The minimum atomic E-state index is -0.723. The lowest BCUT2D eigenvalue weighted by Crippen LogP contribution is -2.23. The van der Waals surface area contributed by atoms with Crippen molar-refractivity contribution in [1.82, 2.24) is 14.7 Å². The Bertz CT molecular complexity index is 623. The lowest BCUT2D eigenvalue weighted by atomic mass is 9.91. The van der Waals surface area contributed by atoms with Crippen LogP contribution in [0.5, 0.6) is 0 Å². The molecule has 1 N–H and O–H groups in total. The molecule has 0 bridgehead atoms. The fraction of sp³-hybridized carbons (Fsp3) is 0.375. The third-order valence-corrected chi connectivity index (χ3v) is 4.11. The quantitative estimate of drug-likeness (QED) is 0.929. The zero-order valence-corrected chi connectivity index (χ0v) is 12.0. The van der Waals surface area contributed by atoms with Crippen molar-refractivity contribution < 1.29 is 9.90 Å². The van der Waals surface area contributed by atoms with Crippen LogP contribution in [0, 0.1) is 5.92 Å². The van der Waals surface area contributed by atoms with Gasteiger partial charge in [-0.25, -0.2) is 0 Å². The van der Waals surface area contributed by atoms with E-state index in [0.29, 0.717) is 6.54 Å². The van der Waals surface area contributed by atoms with Crippen molar-refractivity contribution in [2.45, 2.75) is 12.5 Å². The average Bonchev–Trinajstić information content (AvgIpc) is 3.06. The molecule has 0 saturated carbocycles. The lowest BCUT2D eigenvalue weighted by molar-refractivity contribution is -0.141. The maximum Gasteiger partial charge on any atom is 0.308 e. The molecular weight excluding hydrogens is 266 g/mol. The van der Waals surface area contributed by atoms with E-state index >= 15 is 0 Å². The molecule has 1 aliphatic rings. The van der Waals surface area contributed by atoms with Crippen LogP contribution < -0.4 is 0 Å². The number of carboxylic acid groups (broad SMARTS) is 1. The Kier molecular flexibility index (Phi) is 3.75. The first kappa shape index (κ1) is 13.8. The Labute approximate surface area is 123 Å². The van der Waals surface area contributed by atoms with E-state index in [-0.39, 0.29) is 11.8 Å². The molecule has 2 heterocycles. The van der Waals surface area contributed by atoms with Crippen LogP contribution in [0.4, 0.5) is 0 Å². The molecule has 0 aliphatic carbocycles. The number of hydrogen-bond acceptors (Lipinski definition) is 3. The Morgan fingerprint density at radius 2 is 2.10 bits per heavy atom. The van der Waals surface area contributed by atoms with Crippen LogP contribution in [0.15, 0.2) is 42.7 Å². The van der Waals surface area contributed by atoms with E-state index in [1.54, 1.807) is 10.9 Å². The first-order valence-corrected chi connectivity index (χ1v) is 7.11. The summed E-state index contributed by atoms with van der Waals surface area (Å²) in [5, 5.41) is 13.7. The number of benzene rings is 1. The van der Waals surface area contributed by atoms with Gasteiger partial charge in [0.15, 0.2) is 0 Å². The van der Waals surface area contributed by atoms with Gasteiger partial charge in [0.1, 0.15) is 0 Å². The molecule has 1 aromatic carbocycles. The number of aliphatic carboxylic acids is 1. The summed E-state index contributed by atoms with van der Waals surface area (Å²) in [5.41, 5.74) is 2.23. The number of rotatable bonds is 4. The van der Waals surface area contributed by atoms with Crippen molar-refractivity contribution in [3.05, 3.63) is 53.9 Å². The number of aryl methyl sites for hydroxylation is 1. The van der Waals surface area contributed by atoms with Crippen molar-refractivity contribution in [3.8, 4) is 0 Å². The molecule has 2 atom stereocenters. The van der Waals surface area contributed by atoms with E-state index in [0.717, 1.165) is 18.7 Å². The van der Waals surface area contributed by atoms with Gasteiger partial charge in [-0.05, 0) is 11.1 Å². The molecule has 1 aliphatic heterocycles. The van der Waals surface area contributed by atoms with Crippen LogP contribution in [-0.4, -0.2) is 38.8 Å². The summed E-state index contributed by atoms with van der Waals surface area (Å²) in [5.74, 6) is -1.07. The largest absolute Gasteiger partial charge is 0.481 e. The lowest BCUT2D eigenvalue weighted by Gasteiger charge is -2.15. The highest BCUT2D eigenvalue weighted by atomic mass is 16.4. The maximum atomic E-state index is 11.5. The van der Waals surface area contributed by atoms with Gasteiger partial charge in [-0.3, -0.25) is 14.4 Å². The van der Waals surface area contributed by atoms with Crippen LogP contribution in [0.2, 0.25) is 0 Å². The smallest absolute Gasteiger partial charge is 0.308 e. The van der Waals surface area contributed by atoms with E-state index in [9.17, 15) is 9.90 Å². The molecule has 0 spiro atoms. The summed E-state index contributed by atoms with van der Waals surface area (Å²) < 4.78 is 1.73. The summed E-state index contributed by atoms with van der Waals surface area (Å²) in [6, 6.07) is 10.2. The van der Waals surface area contributed by atoms with Crippen molar-refractivity contribution in [1.29, 1.82) is 0 Å². The summed E-state index contributed by atoms with van der Waals surface area (Å²) >= 11 is 0. The Morgan fingerprint density at radius 3 is 2.71 bits per heavy atom. The van der Waals surface area contributed by atoms with Crippen molar-refractivity contribution >= 4 is 5.97 Å². The second-order valence-electron chi connectivity index (χ2n) is 5.68. The van der Waals surface area contributed by atoms with Gasteiger partial charge < -0.3 is 5.11 Å². The van der Waals surface area contributed by atoms with E-state index in [1.807, 2.05) is 31.4 Å². The molecule has 110 valence electrons. The molecule has 21 heavy (non-hydrogen) atoms. The van der Waals surface area contributed by atoms with Crippen molar-refractivity contribution in [2.24, 2.45) is 13.0 Å². The van der Waals surface area contributed by atoms with Gasteiger partial charge in [0, 0.05) is 38.8 Å². The number of nitrogens with zero attached hydrogens (tertiary/aromatic N) is 3. The maximum absolute atomic E-state index is 11.5. The van der Waals surface area contributed by atoms with Crippen LogP contribution in [0.25, 0.3) is 0 Å². The van der Waals surface area contributed by atoms with Gasteiger partial charge in [0.05, 0.1) is 12.1 Å². The molecule has 0 unspecified atom stereocenters. The second-order valence-corrected chi connectivity index (χ2v) is 5.68. The molecule has 1 fully saturated rings. The SMILES string of the molecule is Cn1cc([C@H]2CN(Cc3ccccc3)C[C@@H]2C(=O)O)cn1. The van der Waals surface area contributed by atoms with Gasteiger partial charge in [0.25, 0.3) is 0 Å². The summed E-state index contributed by atoms with van der Waals surface area (Å²) in [6.07, 6.45) is 3.71. The summed E-state index contributed by atoms with van der Waals surface area (Å²) in [4.78, 5) is 13.8. The van der Waals surface area contributed by atoms with Gasteiger partial charge in [-0.2, -0.15) is 5.10 Å². The third-order valence-electron chi connectivity index (χ3n) is 4.11. The minimum Gasteiger partial charge on any atom is -0.481 e. The number of carboxylic acids is 1. The highest BCUT2D eigenvalue weighted by molar-refractivity contribution is 5.72. The second kappa shape index (κ2) is 5.69. The van der Waals surface area contributed by atoms with E-state index in [4.69, 9.17) is 0 Å². The van der Waals surface area contributed by atoms with Crippen LogP contribution in [0.3, 0.4) is 0 Å². The fourth-order valence-electron chi connectivity index (χ4n) is 3.08. The topological polar surface area (TPSA) is 58.4 Å². The van der Waals surface area contributed by atoms with Crippen LogP contribution >= 0.6 is 0 Å². The predicted molar refractivity (Wildman–Crippen MR) is 78.8 cm³/mol. The number of carbonyl (C=O) groups is 1. The minimum absolute atomic E-state index is 0.0138. The molecular formula is C16H19N3O2. The molecule has 0 radical (unpaired) electrons. The zero-order chi connectivity index (χ0) is 14.8. The van der Waals surface area contributed by atoms with Gasteiger partial charge in [0.2, 0.25) is 0 Å². The zero-order valence-electron chi connectivity index (χ0n) is 12.0. The molecule has 5 heteroatoms.